The van der Waals surface area contributed by atoms with Crippen molar-refractivity contribution in [3.63, 3.8) is 0 Å². The molecule has 0 aromatic heterocycles. The van der Waals surface area contributed by atoms with Crippen molar-refractivity contribution in [3.05, 3.63) is 34.3 Å². The van der Waals surface area contributed by atoms with E-state index in [4.69, 9.17) is 17.3 Å². The summed E-state index contributed by atoms with van der Waals surface area (Å²) in [6.07, 6.45) is 0. The zero-order valence-corrected chi connectivity index (χ0v) is 10.4. The molecule has 17 heavy (non-hydrogen) atoms. The second-order valence-corrected chi connectivity index (χ2v) is 5.09. The van der Waals surface area contributed by atoms with Crippen molar-refractivity contribution >= 4 is 23.4 Å². The summed E-state index contributed by atoms with van der Waals surface area (Å²) in [5.74, 6) is -0.639. The van der Waals surface area contributed by atoms with E-state index < -0.39 is 5.54 Å². The van der Waals surface area contributed by atoms with Crippen LogP contribution in [0.1, 0.15) is 34.6 Å². The zero-order chi connectivity index (χ0) is 12.8. The Morgan fingerprint density at radius 2 is 1.82 bits per heavy atom. The molecule has 0 spiro atoms. The molecular weight excluding hydrogens is 240 g/mol. The number of benzene rings is 1. The van der Waals surface area contributed by atoms with Crippen LogP contribution in [-0.2, 0) is 0 Å². The van der Waals surface area contributed by atoms with Gasteiger partial charge >= 0.3 is 0 Å². The van der Waals surface area contributed by atoms with Crippen molar-refractivity contribution in [2.45, 2.75) is 19.4 Å². The van der Waals surface area contributed by atoms with Gasteiger partial charge in [0, 0.05) is 11.6 Å². The maximum Gasteiger partial charge on any atom is 0.262 e. The first-order valence-electron chi connectivity index (χ1n) is 5.27. The average molecular weight is 253 g/mol. The Labute approximate surface area is 104 Å². The van der Waals surface area contributed by atoms with E-state index >= 15 is 0 Å². The molecule has 1 aliphatic rings. The largest absolute Gasteiger partial charge is 0.328 e. The van der Waals surface area contributed by atoms with Crippen LogP contribution < -0.4 is 5.73 Å². The molecule has 0 saturated carbocycles. The lowest BCUT2D eigenvalue weighted by molar-refractivity contribution is 0.0493. The van der Waals surface area contributed by atoms with Crippen LogP contribution in [0.3, 0.4) is 0 Å². The van der Waals surface area contributed by atoms with Gasteiger partial charge in [0.25, 0.3) is 11.8 Å². The molecule has 0 aliphatic carbocycles. The molecule has 0 unspecified atom stereocenters. The minimum atomic E-state index is -0.695. The Kier molecular flexibility index (Phi) is 2.72. The van der Waals surface area contributed by atoms with Crippen LogP contribution in [0.5, 0.6) is 0 Å². The summed E-state index contributed by atoms with van der Waals surface area (Å²) in [7, 11) is 0. The van der Waals surface area contributed by atoms with Crippen LogP contribution >= 0.6 is 11.6 Å². The summed E-state index contributed by atoms with van der Waals surface area (Å²) >= 11 is 5.83. The third-order valence-electron chi connectivity index (χ3n) is 2.95. The van der Waals surface area contributed by atoms with Crippen molar-refractivity contribution in [2.24, 2.45) is 5.73 Å². The highest BCUT2D eigenvalue weighted by Crippen LogP contribution is 2.30. The molecule has 90 valence electrons. The standard InChI is InChI=1S/C12H13ClN2O2/c1-12(2,6-14)15-10(16)8-4-3-7(13)5-9(8)11(15)17/h3-5H,6,14H2,1-2H3. The molecule has 0 bridgehead atoms. The van der Waals surface area contributed by atoms with Gasteiger partial charge in [-0.1, -0.05) is 11.6 Å². The Morgan fingerprint density at radius 3 is 2.41 bits per heavy atom. The van der Waals surface area contributed by atoms with E-state index in [-0.39, 0.29) is 18.4 Å². The van der Waals surface area contributed by atoms with Crippen molar-refractivity contribution in [1.29, 1.82) is 0 Å². The van der Waals surface area contributed by atoms with Gasteiger partial charge < -0.3 is 5.73 Å². The fourth-order valence-corrected chi connectivity index (χ4v) is 2.03. The van der Waals surface area contributed by atoms with Crippen LogP contribution in [0, 0.1) is 0 Å². The quantitative estimate of drug-likeness (QED) is 0.815. The highest BCUT2D eigenvalue weighted by atomic mass is 35.5. The van der Waals surface area contributed by atoms with Gasteiger partial charge in [-0.05, 0) is 32.0 Å². The predicted octanol–water partition coefficient (Wildman–Crippen LogP) is 1.67. The van der Waals surface area contributed by atoms with Gasteiger partial charge in [0.05, 0.1) is 16.7 Å². The average Bonchev–Trinajstić information content (AvgIpc) is 2.52. The first-order chi connectivity index (χ1) is 7.88. The predicted molar refractivity (Wildman–Crippen MR) is 65.1 cm³/mol. The number of carbonyl (C=O) groups excluding carboxylic acids is 2. The van der Waals surface area contributed by atoms with E-state index in [9.17, 15) is 9.59 Å². The van der Waals surface area contributed by atoms with E-state index in [1.54, 1.807) is 26.0 Å². The maximum absolute atomic E-state index is 12.2. The van der Waals surface area contributed by atoms with Crippen molar-refractivity contribution < 1.29 is 9.59 Å². The maximum atomic E-state index is 12.2. The number of hydrogen-bond donors (Lipinski definition) is 1. The molecule has 0 atom stereocenters. The molecule has 5 heteroatoms. The first kappa shape index (κ1) is 12.1. The number of rotatable bonds is 2. The molecule has 4 nitrogen and oxygen atoms in total. The minimum absolute atomic E-state index is 0.214. The highest BCUT2D eigenvalue weighted by Gasteiger charge is 2.43. The number of fused-ring (bicyclic) bond motifs is 1. The smallest absolute Gasteiger partial charge is 0.262 e. The normalized spacial score (nSPS) is 15.4. The lowest BCUT2D eigenvalue weighted by Gasteiger charge is -2.32. The number of carbonyl (C=O) groups is 2. The lowest BCUT2D eigenvalue weighted by atomic mass is 10.0. The summed E-state index contributed by atoms with van der Waals surface area (Å²) in [5.41, 5.74) is 5.65. The molecule has 1 aromatic rings. The minimum Gasteiger partial charge on any atom is -0.328 e. The third kappa shape index (κ3) is 1.73. The molecule has 0 saturated heterocycles. The molecule has 1 heterocycles. The Bertz CT molecular complexity index is 511. The van der Waals surface area contributed by atoms with E-state index in [0.717, 1.165) is 0 Å². The number of amides is 2. The monoisotopic (exact) mass is 252 g/mol. The number of imide groups is 1. The molecule has 2 rings (SSSR count). The van der Waals surface area contributed by atoms with E-state index in [1.807, 2.05) is 0 Å². The molecular formula is C12H13ClN2O2. The summed E-state index contributed by atoms with van der Waals surface area (Å²) in [6, 6.07) is 4.69. The van der Waals surface area contributed by atoms with Gasteiger partial charge in [0.1, 0.15) is 0 Å². The van der Waals surface area contributed by atoms with Gasteiger partial charge in [0.2, 0.25) is 0 Å². The molecule has 2 N–H and O–H groups in total. The fraction of sp³-hybridized carbons (Fsp3) is 0.333. The van der Waals surface area contributed by atoms with Crippen LogP contribution in [0.2, 0.25) is 5.02 Å². The number of hydrogen-bond acceptors (Lipinski definition) is 3. The topological polar surface area (TPSA) is 63.4 Å². The van der Waals surface area contributed by atoms with Gasteiger partial charge in [-0.15, -0.1) is 0 Å². The Hall–Kier alpha value is -1.39. The van der Waals surface area contributed by atoms with Gasteiger partial charge in [-0.25, -0.2) is 0 Å². The summed E-state index contributed by atoms with van der Waals surface area (Å²) in [5, 5.41) is 0.442. The fourth-order valence-electron chi connectivity index (χ4n) is 1.85. The molecule has 1 aliphatic heterocycles. The van der Waals surface area contributed by atoms with Crippen LogP contribution in [-0.4, -0.2) is 28.8 Å². The Morgan fingerprint density at radius 1 is 1.24 bits per heavy atom. The summed E-state index contributed by atoms with van der Waals surface area (Å²) < 4.78 is 0. The SMILES string of the molecule is CC(C)(CN)N1C(=O)c2ccc(Cl)cc2C1=O. The first-order valence-corrected chi connectivity index (χ1v) is 5.65. The molecule has 2 amide bonds. The highest BCUT2D eigenvalue weighted by molar-refractivity contribution is 6.32. The van der Waals surface area contributed by atoms with Crippen molar-refractivity contribution in [2.75, 3.05) is 6.54 Å². The summed E-state index contributed by atoms with van der Waals surface area (Å²) in [4.78, 5) is 25.5. The number of halogens is 1. The van der Waals surface area contributed by atoms with Crippen molar-refractivity contribution in [1.82, 2.24) is 4.90 Å². The number of nitrogens with zero attached hydrogens (tertiary/aromatic N) is 1. The Balaban J connectivity index is 2.53. The van der Waals surface area contributed by atoms with E-state index in [0.29, 0.717) is 16.1 Å². The second kappa shape index (κ2) is 3.82. The third-order valence-corrected chi connectivity index (χ3v) is 3.19. The number of nitrogens with two attached hydrogens (primary N) is 1. The van der Waals surface area contributed by atoms with Crippen LogP contribution in [0.4, 0.5) is 0 Å². The molecule has 0 radical (unpaired) electrons. The van der Waals surface area contributed by atoms with E-state index in [2.05, 4.69) is 0 Å². The van der Waals surface area contributed by atoms with Crippen LogP contribution in [0.15, 0.2) is 18.2 Å². The summed E-state index contributed by atoms with van der Waals surface area (Å²) in [6.45, 7) is 3.73. The van der Waals surface area contributed by atoms with E-state index in [1.165, 1.54) is 11.0 Å². The molecule has 1 aromatic carbocycles. The van der Waals surface area contributed by atoms with Gasteiger partial charge in [-0.3, -0.25) is 14.5 Å². The lowest BCUT2D eigenvalue weighted by Crippen LogP contribution is -2.52. The van der Waals surface area contributed by atoms with Gasteiger partial charge in [0.15, 0.2) is 0 Å². The van der Waals surface area contributed by atoms with Crippen LogP contribution in [0.25, 0.3) is 0 Å². The second-order valence-electron chi connectivity index (χ2n) is 4.65. The zero-order valence-electron chi connectivity index (χ0n) is 9.66. The van der Waals surface area contributed by atoms with Gasteiger partial charge in [-0.2, -0.15) is 0 Å². The molecule has 0 fully saturated rings. The van der Waals surface area contributed by atoms with Crippen molar-refractivity contribution in [3.8, 4) is 0 Å².